The summed E-state index contributed by atoms with van der Waals surface area (Å²) in [5.41, 5.74) is 31.4. The maximum atomic E-state index is 2.44. The highest BCUT2D eigenvalue weighted by Gasteiger charge is 2.22. The Hall–Kier alpha value is -13.4. The molecule has 2 heteroatoms. The molecule has 0 atom stereocenters. The molecule has 0 aliphatic rings. The highest BCUT2D eigenvalue weighted by molar-refractivity contribution is 6.23. The van der Waals surface area contributed by atoms with Gasteiger partial charge in [0.2, 0.25) is 0 Å². The van der Waals surface area contributed by atoms with E-state index in [4.69, 9.17) is 0 Å². The lowest BCUT2D eigenvalue weighted by Crippen LogP contribution is -2.10. The molecule has 0 N–H and O–H groups in total. The van der Waals surface area contributed by atoms with Gasteiger partial charge in [-0.3, -0.25) is 0 Å². The molecule has 524 valence electrons. The van der Waals surface area contributed by atoms with E-state index in [9.17, 15) is 0 Å². The van der Waals surface area contributed by atoms with Crippen LogP contribution in [-0.2, 0) is 18.5 Å². The lowest BCUT2D eigenvalue weighted by atomic mass is 9.85. The summed E-state index contributed by atoms with van der Waals surface area (Å²) in [5.74, 6) is 0. The van der Waals surface area contributed by atoms with E-state index in [2.05, 4.69) is 426 Å². The number of aromatic nitrogens is 2. The summed E-state index contributed by atoms with van der Waals surface area (Å²) in [6, 6.07) is 141. The summed E-state index contributed by atoms with van der Waals surface area (Å²) in [5, 5.41) is 15.5. The van der Waals surface area contributed by atoms with Crippen molar-refractivity contribution < 1.29 is 0 Å². The zero-order valence-electron chi connectivity index (χ0n) is 62.7. The number of hydrogen-bond acceptors (Lipinski definition) is 0. The smallest absolute Gasteiger partial charge is 0.0491 e. The van der Waals surface area contributed by atoms with Crippen molar-refractivity contribution in [3.05, 3.63) is 388 Å². The van der Waals surface area contributed by atoms with Crippen molar-refractivity contribution in [2.75, 3.05) is 0 Å². The molecule has 2 heterocycles. The maximum absolute atomic E-state index is 2.44. The zero-order chi connectivity index (χ0) is 74.0. The Labute approximate surface area is 643 Å². The molecular weight excluding hydrogens is 1330 g/mol. The first-order valence-corrected chi connectivity index (χ1v) is 38.8. The fourth-order valence-corrected chi connectivity index (χ4v) is 17.5. The molecule has 2 nitrogen and oxygen atoms in total. The Morgan fingerprint density at radius 2 is 0.373 bits per heavy atom. The van der Waals surface area contributed by atoms with Crippen LogP contribution in [0.5, 0.6) is 0 Å². The van der Waals surface area contributed by atoms with Crippen molar-refractivity contribution in [1.29, 1.82) is 0 Å². The van der Waals surface area contributed by atoms with E-state index in [1.165, 1.54) is 204 Å². The summed E-state index contributed by atoms with van der Waals surface area (Å²) in [6.07, 6.45) is 0. The fraction of sp³-hybridized carbons (Fsp3) is 0.0741. The highest BCUT2D eigenvalue weighted by atomic mass is 15.0. The summed E-state index contributed by atoms with van der Waals surface area (Å²) in [4.78, 5) is 0. The molecule has 0 aliphatic carbocycles. The van der Waals surface area contributed by atoms with Crippen molar-refractivity contribution >= 4 is 86.7 Å². The molecule has 0 unspecified atom stereocenters. The average Bonchev–Trinajstić information content (AvgIpc) is 1.10. The van der Waals surface area contributed by atoms with Crippen LogP contribution in [0.1, 0.15) is 40.2 Å². The second kappa shape index (κ2) is 28.1. The van der Waals surface area contributed by atoms with E-state index in [1.54, 1.807) is 0 Å². The molecule has 2 aromatic heterocycles. The lowest BCUT2D eigenvalue weighted by molar-refractivity contribution is 0.591. The first kappa shape index (κ1) is 67.2. The van der Waals surface area contributed by atoms with Crippen molar-refractivity contribution in [2.24, 2.45) is 0 Å². The molecule has 20 rings (SSSR count). The molecule has 0 bridgehead atoms. The number of benzene rings is 18. The van der Waals surface area contributed by atoms with E-state index < -0.39 is 0 Å². The molecular formula is C108H82N2. The van der Waals surface area contributed by atoms with E-state index in [1.807, 2.05) is 0 Å². The predicted octanol–water partition coefficient (Wildman–Crippen LogP) is 30.2. The Bertz CT molecular complexity index is 6740. The van der Waals surface area contributed by atoms with Gasteiger partial charge in [-0.05, 0) is 222 Å². The Morgan fingerprint density at radius 3 is 0.673 bits per heavy atom. The van der Waals surface area contributed by atoms with E-state index in [-0.39, 0.29) is 5.41 Å². The van der Waals surface area contributed by atoms with Crippen LogP contribution in [-0.4, -0.2) is 9.13 Å². The maximum Gasteiger partial charge on any atom is 0.0491 e. The normalized spacial score (nSPS) is 11.8. The largest absolute Gasteiger partial charge is 0.341 e. The standard InChI is InChI=1S/C58H41N.C50H41N/c1-2-59-55-19-11-10-14-49(55)54-38-48(36-37-56(54)59)45-26-24-42(25-27-45)44-30-34-47(35-31-44)58-52-17-8-6-15-50(52)57(51-16-7-9-18-53(51)58)46-32-28-43(29-33-46)41-22-20-40(21-23-41)39-12-4-3-5-13-39;1-5-51-46-29-27-38(31-44(46)45-32-39(50(2,3)4)28-30-47(45)51)35-21-19-33(20-22-35)34-23-25-37(26-24-34)49-42-17-11-9-15-40(42)48(36-13-7-6-8-14-36)41-16-10-12-18-43(41)49/h3-38H,2H2,1H3;6-32H,5H2,1-4H3. The van der Waals surface area contributed by atoms with E-state index in [0.29, 0.717) is 0 Å². The van der Waals surface area contributed by atoms with Crippen LogP contribution >= 0.6 is 0 Å². The van der Waals surface area contributed by atoms with Crippen LogP contribution in [0.25, 0.3) is 198 Å². The van der Waals surface area contributed by atoms with Gasteiger partial charge >= 0.3 is 0 Å². The van der Waals surface area contributed by atoms with Crippen molar-refractivity contribution in [1.82, 2.24) is 9.13 Å². The van der Waals surface area contributed by atoms with Gasteiger partial charge in [-0.1, -0.05) is 360 Å². The molecule has 20 aromatic rings. The molecule has 18 aromatic carbocycles. The second-order valence-electron chi connectivity index (χ2n) is 30.3. The molecule has 0 fully saturated rings. The minimum Gasteiger partial charge on any atom is -0.341 e. The first-order valence-electron chi connectivity index (χ1n) is 38.8. The zero-order valence-corrected chi connectivity index (χ0v) is 62.7. The highest BCUT2D eigenvalue weighted by Crippen LogP contribution is 2.48. The van der Waals surface area contributed by atoms with Crippen LogP contribution in [0.15, 0.2) is 382 Å². The van der Waals surface area contributed by atoms with Crippen LogP contribution in [0, 0.1) is 0 Å². The number of aryl methyl sites for hydroxylation is 2. The minimum absolute atomic E-state index is 0.106. The molecule has 0 spiro atoms. The van der Waals surface area contributed by atoms with E-state index >= 15 is 0 Å². The number of nitrogens with zero attached hydrogens (tertiary/aromatic N) is 2. The average molecular weight is 1410 g/mol. The Balaban J connectivity index is 0.000000151. The third-order valence-electron chi connectivity index (χ3n) is 23.0. The summed E-state index contributed by atoms with van der Waals surface area (Å²) in [6.45, 7) is 13.2. The Kier molecular flexibility index (Phi) is 17.2. The molecule has 0 radical (unpaired) electrons. The summed E-state index contributed by atoms with van der Waals surface area (Å²) >= 11 is 0. The molecule has 110 heavy (non-hydrogen) atoms. The minimum atomic E-state index is 0.106. The molecule has 0 aliphatic heterocycles. The molecule has 0 saturated carbocycles. The number of para-hydroxylation sites is 1. The van der Waals surface area contributed by atoms with Crippen LogP contribution < -0.4 is 0 Å². The van der Waals surface area contributed by atoms with Gasteiger partial charge in [0.1, 0.15) is 0 Å². The summed E-state index contributed by atoms with van der Waals surface area (Å²) < 4.78 is 4.85. The van der Waals surface area contributed by atoms with Crippen LogP contribution in [0.2, 0.25) is 0 Å². The topological polar surface area (TPSA) is 9.86 Å². The fourth-order valence-electron chi connectivity index (χ4n) is 17.5. The van der Waals surface area contributed by atoms with Gasteiger partial charge in [0.05, 0.1) is 0 Å². The van der Waals surface area contributed by atoms with Gasteiger partial charge in [0, 0.05) is 56.7 Å². The van der Waals surface area contributed by atoms with Crippen LogP contribution in [0.3, 0.4) is 0 Å². The number of hydrogen-bond donors (Lipinski definition) is 0. The van der Waals surface area contributed by atoms with Gasteiger partial charge < -0.3 is 9.13 Å². The molecule has 0 saturated heterocycles. The third kappa shape index (κ3) is 12.0. The van der Waals surface area contributed by atoms with Gasteiger partial charge in [-0.15, -0.1) is 0 Å². The first-order chi connectivity index (χ1) is 54.1. The van der Waals surface area contributed by atoms with Gasteiger partial charge in [-0.25, -0.2) is 0 Å². The number of rotatable bonds is 12. The second-order valence-corrected chi connectivity index (χ2v) is 30.3. The monoisotopic (exact) mass is 1410 g/mol. The lowest BCUT2D eigenvalue weighted by Gasteiger charge is -2.19. The predicted molar refractivity (Wildman–Crippen MR) is 473 cm³/mol. The van der Waals surface area contributed by atoms with Gasteiger partial charge in [0.25, 0.3) is 0 Å². The quantitative estimate of drug-likeness (QED) is 0.108. The number of fused-ring (bicyclic) bond motifs is 10. The molecule has 0 amide bonds. The van der Waals surface area contributed by atoms with Gasteiger partial charge in [-0.2, -0.15) is 0 Å². The third-order valence-corrected chi connectivity index (χ3v) is 23.0. The van der Waals surface area contributed by atoms with Crippen molar-refractivity contribution in [2.45, 2.75) is 53.1 Å². The SMILES string of the molecule is CCn1c2ccc(-c3ccc(-c4ccc(-c5c6ccccc6c(-c6ccccc6)c6ccccc56)cc4)cc3)cc2c2cc(C(C)(C)C)ccc21.CCn1c2ccccc2c2cc(-c3ccc(-c4ccc(-c5c6ccccc6c(-c6ccc(-c7ccc(-c8ccccc8)cc7)cc6)c6ccccc56)cc4)cc3)ccc21. The Morgan fingerprint density at radius 1 is 0.173 bits per heavy atom. The van der Waals surface area contributed by atoms with Crippen LogP contribution in [0.4, 0.5) is 0 Å². The van der Waals surface area contributed by atoms with E-state index in [0.717, 1.165) is 13.1 Å². The summed E-state index contributed by atoms with van der Waals surface area (Å²) in [7, 11) is 0. The van der Waals surface area contributed by atoms with Crippen molar-refractivity contribution in [3.8, 4) is 111 Å². The van der Waals surface area contributed by atoms with Crippen molar-refractivity contribution in [3.63, 3.8) is 0 Å². The van der Waals surface area contributed by atoms with Gasteiger partial charge in [0.15, 0.2) is 0 Å².